The highest BCUT2D eigenvalue weighted by molar-refractivity contribution is 9.10. The lowest BCUT2D eigenvalue weighted by atomic mass is 10.3. The molecule has 0 bridgehead atoms. The van der Waals surface area contributed by atoms with E-state index in [1.165, 1.54) is 0 Å². The highest BCUT2D eigenvalue weighted by Crippen LogP contribution is 2.35. The van der Waals surface area contributed by atoms with Crippen molar-refractivity contribution in [2.24, 2.45) is 0 Å². The van der Waals surface area contributed by atoms with Crippen molar-refractivity contribution in [2.75, 3.05) is 20.2 Å². The van der Waals surface area contributed by atoms with E-state index in [2.05, 4.69) is 21.2 Å². The first-order valence-corrected chi connectivity index (χ1v) is 5.80. The van der Waals surface area contributed by atoms with Gasteiger partial charge in [-0.25, -0.2) is 0 Å². The van der Waals surface area contributed by atoms with Gasteiger partial charge < -0.3 is 14.8 Å². The fraction of sp³-hybridized carbons (Fsp3) is 0.455. The minimum atomic E-state index is 0.248. The Morgan fingerprint density at radius 1 is 1.47 bits per heavy atom. The first-order chi connectivity index (χ1) is 7.31. The van der Waals surface area contributed by atoms with Gasteiger partial charge in [-0.1, -0.05) is 6.07 Å². The summed E-state index contributed by atoms with van der Waals surface area (Å²) in [4.78, 5) is 0. The molecule has 0 saturated carbocycles. The van der Waals surface area contributed by atoms with Gasteiger partial charge in [0.15, 0.2) is 11.5 Å². The first kappa shape index (κ1) is 10.8. The summed E-state index contributed by atoms with van der Waals surface area (Å²) in [6, 6.07) is 5.80. The van der Waals surface area contributed by atoms with Crippen LogP contribution in [0.1, 0.15) is 6.42 Å². The number of rotatable bonds is 3. The number of halogens is 1. The predicted octanol–water partition coefficient (Wildman–Crippen LogP) is 2.20. The second-order valence-electron chi connectivity index (χ2n) is 3.50. The van der Waals surface area contributed by atoms with Crippen LogP contribution in [0.25, 0.3) is 0 Å². The van der Waals surface area contributed by atoms with Crippen molar-refractivity contribution in [3.63, 3.8) is 0 Å². The Labute approximate surface area is 97.9 Å². The molecule has 2 rings (SSSR count). The van der Waals surface area contributed by atoms with Crippen molar-refractivity contribution in [1.82, 2.24) is 5.32 Å². The van der Waals surface area contributed by atoms with Gasteiger partial charge in [0, 0.05) is 6.54 Å². The number of hydrogen-bond donors (Lipinski definition) is 1. The molecule has 1 aromatic carbocycles. The summed E-state index contributed by atoms with van der Waals surface area (Å²) in [5.74, 6) is 1.57. The van der Waals surface area contributed by atoms with Gasteiger partial charge in [0.05, 0.1) is 11.6 Å². The molecule has 0 amide bonds. The van der Waals surface area contributed by atoms with Gasteiger partial charge in [0.25, 0.3) is 0 Å². The van der Waals surface area contributed by atoms with Gasteiger partial charge in [-0.05, 0) is 41.0 Å². The van der Waals surface area contributed by atoms with Crippen molar-refractivity contribution in [3.8, 4) is 11.5 Å². The minimum Gasteiger partial charge on any atom is -0.493 e. The van der Waals surface area contributed by atoms with Crippen molar-refractivity contribution in [2.45, 2.75) is 12.5 Å². The molecule has 4 heteroatoms. The Morgan fingerprint density at radius 2 is 2.33 bits per heavy atom. The van der Waals surface area contributed by atoms with Crippen LogP contribution in [0.4, 0.5) is 0 Å². The second kappa shape index (κ2) is 4.86. The standard InChI is InChI=1S/C11H14BrNO2/c1-14-10-4-2-3-9(12)11(10)15-8-5-6-13-7-8/h2-4,8,13H,5-7H2,1H3/t8-/m1/s1. The van der Waals surface area contributed by atoms with Gasteiger partial charge in [-0.3, -0.25) is 0 Å². The molecule has 1 N–H and O–H groups in total. The number of benzene rings is 1. The van der Waals surface area contributed by atoms with Crippen LogP contribution < -0.4 is 14.8 Å². The number of ether oxygens (including phenoxy) is 2. The van der Waals surface area contributed by atoms with E-state index in [0.717, 1.165) is 35.5 Å². The molecule has 1 fully saturated rings. The van der Waals surface area contributed by atoms with Crippen LogP contribution in [0.5, 0.6) is 11.5 Å². The Hall–Kier alpha value is -0.740. The molecule has 1 aromatic rings. The van der Waals surface area contributed by atoms with Crippen LogP contribution >= 0.6 is 15.9 Å². The molecule has 1 aliphatic rings. The molecule has 1 atom stereocenters. The lowest BCUT2D eigenvalue weighted by molar-refractivity contribution is 0.211. The Bertz CT molecular complexity index is 337. The number of nitrogens with one attached hydrogen (secondary N) is 1. The Balaban J connectivity index is 2.17. The molecule has 0 aromatic heterocycles. The minimum absolute atomic E-state index is 0.248. The normalized spacial score (nSPS) is 20.3. The van der Waals surface area contributed by atoms with Crippen LogP contribution in [0.3, 0.4) is 0 Å². The van der Waals surface area contributed by atoms with E-state index in [1.54, 1.807) is 7.11 Å². The van der Waals surface area contributed by atoms with E-state index in [1.807, 2.05) is 18.2 Å². The van der Waals surface area contributed by atoms with Crippen molar-refractivity contribution >= 4 is 15.9 Å². The van der Waals surface area contributed by atoms with Gasteiger partial charge in [-0.2, -0.15) is 0 Å². The summed E-state index contributed by atoms with van der Waals surface area (Å²) in [5.41, 5.74) is 0. The Morgan fingerprint density at radius 3 is 3.00 bits per heavy atom. The lowest BCUT2D eigenvalue weighted by Gasteiger charge is -2.16. The van der Waals surface area contributed by atoms with Gasteiger partial charge in [-0.15, -0.1) is 0 Å². The summed E-state index contributed by atoms with van der Waals surface area (Å²) < 4.78 is 12.1. The molecule has 1 heterocycles. The molecule has 0 unspecified atom stereocenters. The van der Waals surface area contributed by atoms with E-state index < -0.39 is 0 Å². The van der Waals surface area contributed by atoms with Crippen LogP contribution in [0.15, 0.2) is 22.7 Å². The maximum Gasteiger partial charge on any atom is 0.175 e. The maximum absolute atomic E-state index is 5.89. The fourth-order valence-electron chi connectivity index (χ4n) is 1.66. The third-order valence-electron chi connectivity index (χ3n) is 2.45. The zero-order valence-electron chi connectivity index (χ0n) is 8.63. The van der Waals surface area contributed by atoms with Crippen molar-refractivity contribution in [3.05, 3.63) is 22.7 Å². The molecular weight excluding hydrogens is 258 g/mol. The highest BCUT2D eigenvalue weighted by Gasteiger charge is 2.19. The van der Waals surface area contributed by atoms with Crippen LogP contribution in [-0.2, 0) is 0 Å². The Kier molecular flexibility index (Phi) is 3.49. The quantitative estimate of drug-likeness (QED) is 0.915. The van der Waals surface area contributed by atoms with E-state index in [4.69, 9.17) is 9.47 Å². The molecule has 82 valence electrons. The van der Waals surface area contributed by atoms with E-state index >= 15 is 0 Å². The molecule has 0 spiro atoms. The third-order valence-corrected chi connectivity index (χ3v) is 3.07. The maximum atomic E-state index is 5.89. The van der Waals surface area contributed by atoms with Crippen LogP contribution in [-0.4, -0.2) is 26.3 Å². The third kappa shape index (κ3) is 2.44. The summed E-state index contributed by atoms with van der Waals surface area (Å²) in [5, 5.41) is 3.27. The zero-order chi connectivity index (χ0) is 10.7. The first-order valence-electron chi connectivity index (χ1n) is 5.01. The monoisotopic (exact) mass is 271 g/mol. The second-order valence-corrected chi connectivity index (χ2v) is 4.36. The van der Waals surface area contributed by atoms with Crippen molar-refractivity contribution in [1.29, 1.82) is 0 Å². The van der Waals surface area contributed by atoms with Crippen molar-refractivity contribution < 1.29 is 9.47 Å². The predicted molar refractivity (Wildman–Crippen MR) is 62.6 cm³/mol. The van der Waals surface area contributed by atoms with Crippen LogP contribution in [0, 0.1) is 0 Å². The van der Waals surface area contributed by atoms with Crippen LogP contribution in [0.2, 0.25) is 0 Å². The molecule has 1 saturated heterocycles. The topological polar surface area (TPSA) is 30.5 Å². The van der Waals surface area contributed by atoms with E-state index in [-0.39, 0.29) is 6.10 Å². The molecule has 15 heavy (non-hydrogen) atoms. The average Bonchev–Trinajstić information content (AvgIpc) is 2.74. The smallest absolute Gasteiger partial charge is 0.175 e. The number of hydrogen-bond acceptors (Lipinski definition) is 3. The largest absolute Gasteiger partial charge is 0.493 e. The molecule has 1 aliphatic heterocycles. The molecule has 0 radical (unpaired) electrons. The molecule has 0 aliphatic carbocycles. The number of para-hydroxylation sites is 1. The average molecular weight is 272 g/mol. The zero-order valence-corrected chi connectivity index (χ0v) is 10.2. The SMILES string of the molecule is COc1cccc(Br)c1O[C@@H]1CCNC1. The van der Waals surface area contributed by atoms with E-state index in [0.29, 0.717) is 0 Å². The highest BCUT2D eigenvalue weighted by atomic mass is 79.9. The van der Waals surface area contributed by atoms with Gasteiger partial charge in [0.1, 0.15) is 6.10 Å². The van der Waals surface area contributed by atoms with E-state index in [9.17, 15) is 0 Å². The number of methoxy groups -OCH3 is 1. The van der Waals surface area contributed by atoms with Gasteiger partial charge in [0.2, 0.25) is 0 Å². The fourth-order valence-corrected chi connectivity index (χ4v) is 2.10. The lowest BCUT2D eigenvalue weighted by Crippen LogP contribution is -2.20. The summed E-state index contributed by atoms with van der Waals surface area (Å²) >= 11 is 3.47. The molecular formula is C11H14BrNO2. The van der Waals surface area contributed by atoms with Gasteiger partial charge >= 0.3 is 0 Å². The summed E-state index contributed by atoms with van der Waals surface area (Å²) in [7, 11) is 1.65. The summed E-state index contributed by atoms with van der Waals surface area (Å²) in [6.45, 7) is 1.93. The molecule has 3 nitrogen and oxygen atoms in total. The summed E-state index contributed by atoms with van der Waals surface area (Å²) in [6.07, 6.45) is 1.29.